The Morgan fingerprint density at radius 2 is 1.62 bits per heavy atom. The minimum Gasteiger partial charge on any atom is -0.364 e. The minimum atomic E-state index is -4.37. The first-order valence-corrected chi connectivity index (χ1v) is 10.9. The highest BCUT2D eigenvalue weighted by atomic mass is 127. The predicted octanol–water partition coefficient (Wildman–Crippen LogP) is 2.22. The van der Waals surface area contributed by atoms with E-state index in [1.165, 1.54) is 24.3 Å². The Bertz CT molecular complexity index is 1140. The highest BCUT2D eigenvalue weighted by Gasteiger charge is 2.25. The lowest BCUT2D eigenvalue weighted by atomic mass is 10.3. The van der Waals surface area contributed by atoms with Gasteiger partial charge in [0.25, 0.3) is 0 Å². The summed E-state index contributed by atoms with van der Waals surface area (Å²) >= 11 is 1.92. The molecule has 0 unspecified atom stereocenters. The zero-order valence-electron chi connectivity index (χ0n) is 12.2. The number of fused-ring (bicyclic) bond motifs is 1. The molecule has 0 saturated heterocycles. The van der Waals surface area contributed by atoms with E-state index < -0.39 is 20.1 Å². The molecule has 2 aromatic carbocycles. The number of para-hydroxylation sites is 2. The van der Waals surface area contributed by atoms with Crippen molar-refractivity contribution < 1.29 is 21.0 Å². The molecule has 0 aliphatic carbocycles. The first-order valence-electron chi connectivity index (χ1n) is 6.57. The van der Waals surface area contributed by atoms with E-state index in [4.69, 9.17) is 4.18 Å². The molecule has 3 rings (SSSR count). The topological polar surface area (TPSA) is 95.3 Å². The summed E-state index contributed by atoms with van der Waals surface area (Å²) in [4.78, 5) is -0.209. The molecule has 0 amide bonds. The first-order chi connectivity index (χ1) is 11.2. The van der Waals surface area contributed by atoms with E-state index in [2.05, 4.69) is 5.10 Å². The van der Waals surface area contributed by atoms with Gasteiger partial charge in [0.2, 0.25) is 0 Å². The van der Waals surface area contributed by atoms with Crippen LogP contribution in [0.2, 0.25) is 0 Å². The average Bonchev–Trinajstić information content (AvgIpc) is 2.85. The van der Waals surface area contributed by atoms with Crippen molar-refractivity contribution in [3.8, 4) is 5.75 Å². The van der Waals surface area contributed by atoms with Gasteiger partial charge in [-0.2, -0.15) is 8.42 Å². The summed E-state index contributed by atoms with van der Waals surface area (Å²) < 4.78 is 55.1. The molecule has 126 valence electrons. The maximum Gasteiger partial charge on any atom is 0.429 e. The summed E-state index contributed by atoms with van der Waals surface area (Å²) in [6.45, 7) is 0. The van der Waals surface area contributed by atoms with Crippen LogP contribution in [0.25, 0.3) is 10.9 Å². The highest BCUT2D eigenvalue weighted by molar-refractivity contribution is 14.1. The molecule has 0 aliphatic heterocycles. The lowest BCUT2D eigenvalue weighted by Crippen LogP contribution is -2.21. The normalized spacial score (nSPS) is 12.4. The van der Waals surface area contributed by atoms with Crippen molar-refractivity contribution in [3.63, 3.8) is 0 Å². The van der Waals surface area contributed by atoms with Crippen LogP contribution in [0, 0.1) is 3.70 Å². The molecule has 0 radical (unpaired) electrons. The quantitative estimate of drug-likeness (QED) is 0.534. The Hall–Kier alpha value is -1.66. The third-order valence-corrected chi connectivity index (χ3v) is 6.19. The summed E-state index contributed by atoms with van der Waals surface area (Å²) in [5, 5.41) is 4.64. The number of aromatic nitrogens is 2. The second-order valence-electron chi connectivity index (χ2n) is 4.91. The van der Waals surface area contributed by atoms with Gasteiger partial charge in [-0.3, -0.25) is 0 Å². The molecule has 0 bridgehead atoms. The van der Waals surface area contributed by atoms with Crippen LogP contribution in [-0.2, 0) is 20.1 Å². The van der Waals surface area contributed by atoms with Crippen molar-refractivity contribution in [1.29, 1.82) is 0 Å². The van der Waals surface area contributed by atoms with Gasteiger partial charge in [0.15, 0.2) is 15.6 Å². The Labute approximate surface area is 152 Å². The molecular formula is C14H11IN2O5S2. The largest absolute Gasteiger partial charge is 0.429 e. The van der Waals surface area contributed by atoms with Crippen LogP contribution in [0.5, 0.6) is 5.75 Å². The molecule has 1 aromatic heterocycles. The lowest BCUT2D eigenvalue weighted by Gasteiger charge is -2.10. The van der Waals surface area contributed by atoms with Gasteiger partial charge in [-0.25, -0.2) is 8.42 Å². The van der Waals surface area contributed by atoms with Crippen LogP contribution in [0.1, 0.15) is 0 Å². The fraction of sp³-hybridized carbons (Fsp3) is 0.0714. The van der Waals surface area contributed by atoms with Gasteiger partial charge in [-0.05, 0) is 40.8 Å². The molecule has 10 heteroatoms. The molecule has 0 atom stereocenters. The smallest absolute Gasteiger partial charge is 0.364 e. The van der Waals surface area contributed by atoms with Crippen molar-refractivity contribution in [2.24, 2.45) is 0 Å². The number of rotatable bonds is 4. The highest BCUT2D eigenvalue weighted by Crippen LogP contribution is 2.27. The number of hydrogen-bond acceptors (Lipinski definition) is 6. The van der Waals surface area contributed by atoms with Crippen molar-refractivity contribution in [1.82, 2.24) is 9.19 Å². The number of halogens is 1. The van der Waals surface area contributed by atoms with Gasteiger partial charge in [0.1, 0.15) is 8.60 Å². The SMILES string of the molecule is CS(=O)(=O)c1ccccc1OS(=O)(=O)n1nc(I)c2ccccc21. The Morgan fingerprint density at radius 1 is 1.00 bits per heavy atom. The number of benzene rings is 2. The zero-order chi connectivity index (χ0) is 17.5. The number of hydrogen-bond donors (Lipinski definition) is 0. The molecule has 0 fully saturated rings. The summed E-state index contributed by atoms with van der Waals surface area (Å²) in [5.41, 5.74) is 0.346. The fourth-order valence-electron chi connectivity index (χ4n) is 2.15. The molecule has 3 aromatic rings. The second kappa shape index (κ2) is 6.01. The Kier molecular flexibility index (Phi) is 4.30. The van der Waals surface area contributed by atoms with E-state index >= 15 is 0 Å². The second-order valence-corrected chi connectivity index (χ2v) is 9.28. The van der Waals surface area contributed by atoms with Crippen molar-refractivity contribution in [2.45, 2.75) is 4.90 Å². The molecule has 1 heterocycles. The molecule has 0 saturated carbocycles. The number of nitrogens with zero attached hydrogens (tertiary/aromatic N) is 2. The fourth-order valence-corrected chi connectivity index (χ4v) is 4.84. The van der Waals surface area contributed by atoms with Crippen LogP contribution in [0.3, 0.4) is 0 Å². The summed E-state index contributed by atoms with van der Waals surface area (Å²) in [6.07, 6.45) is 0.980. The van der Waals surface area contributed by atoms with Crippen LogP contribution in [0.15, 0.2) is 53.4 Å². The van der Waals surface area contributed by atoms with Crippen molar-refractivity contribution in [2.75, 3.05) is 6.26 Å². The van der Waals surface area contributed by atoms with Crippen LogP contribution >= 0.6 is 22.6 Å². The monoisotopic (exact) mass is 478 g/mol. The first kappa shape index (κ1) is 17.2. The molecule has 0 spiro atoms. The van der Waals surface area contributed by atoms with Crippen LogP contribution < -0.4 is 4.18 Å². The maximum absolute atomic E-state index is 12.6. The van der Waals surface area contributed by atoms with Crippen LogP contribution in [0.4, 0.5) is 0 Å². The molecule has 0 aliphatic rings. The third-order valence-electron chi connectivity index (χ3n) is 3.17. The average molecular weight is 478 g/mol. The maximum atomic E-state index is 12.6. The molecule has 0 N–H and O–H groups in total. The Morgan fingerprint density at radius 3 is 2.33 bits per heavy atom. The van der Waals surface area contributed by atoms with Gasteiger partial charge in [-0.1, -0.05) is 30.3 Å². The number of sulfone groups is 1. The summed E-state index contributed by atoms with van der Waals surface area (Å²) in [6, 6.07) is 12.3. The Balaban J connectivity index is 2.14. The van der Waals surface area contributed by atoms with Crippen molar-refractivity contribution in [3.05, 3.63) is 52.2 Å². The van der Waals surface area contributed by atoms with Gasteiger partial charge < -0.3 is 4.18 Å². The van der Waals surface area contributed by atoms with E-state index in [0.717, 1.165) is 10.3 Å². The van der Waals surface area contributed by atoms with Gasteiger partial charge >= 0.3 is 10.3 Å². The summed E-state index contributed by atoms with van der Waals surface area (Å²) in [7, 11) is -8.01. The third kappa shape index (κ3) is 3.13. The zero-order valence-corrected chi connectivity index (χ0v) is 16.0. The van der Waals surface area contributed by atoms with Crippen molar-refractivity contribution >= 4 is 53.6 Å². The minimum absolute atomic E-state index is 0.209. The van der Waals surface area contributed by atoms with Gasteiger partial charge in [0, 0.05) is 11.6 Å². The van der Waals surface area contributed by atoms with E-state index in [0.29, 0.717) is 14.6 Å². The molecule has 7 nitrogen and oxygen atoms in total. The lowest BCUT2D eigenvalue weighted by molar-refractivity contribution is 0.464. The van der Waals surface area contributed by atoms with E-state index in [9.17, 15) is 16.8 Å². The standard InChI is InChI=1S/C14H11IN2O5S2/c1-23(18,19)13-9-5-4-8-12(13)22-24(20,21)17-11-7-3-2-6-10(11)14(15)16-17/h2-9H,1H3. The van der Waals surface area contributed by atoms with Gasteiger partial charge in [0.05, 0.1) is 5.52 Å². The molecular weight excluding hydrogens is 467 g/mol. The molecule has 24 heavy (non-hydrogen) atoms. The van der Waals surface area contributed by atoms with Crippen LogP contribution in [-0.4, -0.2) is 32.3 Å². The van der Waals surface area contributed by atoms with E-state index in [1.807, 2.05) is 22.6 Å². The van der Waals surface area contributed by atoms with E-state index in [1.54, 1.807) is 24.3 Å². The predicted molar refractivity (Wildman–Crippen MR) is 96.9 cm³/mol. The van der Waals surface area contributed by atoms with E-state index in [-0.39, 0.29) is 10.6 Å². The summed E-state index contributed by atoms with van der Waals surface area (Å²) in [5.74, 6) is -0.269. The van der Waals surface area contributed by atoms with Gasteiger partial charge in [-0.15, -0.1) is 9.19 Å².